The van der Waals surface area contributed by atoms with Gasteiger partial charge in [0, 0.05) is 24.8 Å². The first kappa shape index (κ1) is 14.0. The van der Waals surface area contributed by atoms with Crippen LogP contribution in [0.1, 0.15) is 24.4 Å². The molecule has 96 valence electrons. The van der Waals surface area contributed by atoms with Gasteiger partial charge in [-0.05, 0) is 18.9 Å². The highest BCUT2D eigenvalue weighted by Crippen LogP contribution is 2.16. The summed E-state index contributed by atoms with van der Waals surface area (Å²) in [5, 5.41) is 8.55. The Labute approximate surface area is 99.2 Å². The van der Waals surface area contributed by atoms with Gasteiger partial charge in [0.2, 0.25) is 0 Å². The van der Waals surface area contributed by atoms with E-state index in [1.54, 1.807) is 0 Å². The van der Waals surface area contributed by atoms with Gasteiger partial charge >= 0.3 is 0 Å². The number of unbranched alkanes of at least 4 members (excludes halogenated alkanes) is 1. The van der Waals surface area contributed by atoms with E-state index in [9.17, 15) is 8.78 Å². The second-order valence-corrected chi connectivity index (χ2v) is 3.78. The highest BCUT2D eigenvalue weighted by molar-refractivity contribution is 5.21. The lowest BCUT2D eigenvalue weighted by Gasteiger charge is -2.13. The van der Waals surface area contributed by atoms with Gasteiger partial charge < -0.3 is 15.6 Å². The Bertz CT molecular complexity index is 347. The van der Waals surface area contributed by atoms with E-state index in [-0.39, 0.29) is 18.8 Å². The number of nitrogens with two attached hydrogens (primary N) is 1. The van der Waals surface area contributed by atoms with E-state index in [2.05, 4.69) is 0 Å². The van der Waals surface area contributed by atoms with E-state index in [1.807, 2.05) is 0 Å². The van der Waals surface area contributed by atoms with Crippen molar-refractivity contribution in [1.82, 2.24) is 0 Å². The number of benzene rings is 1. The van der Waals surface area contributed by atoms with Gasteiger partial charge in [-0.25, -0.2) is 8.78 Å². The van der Waals surface area contributed by atoms with Crippen molar-refractivity contribution in [3.63, 3.8) is 0 Å². The minimum absolute atomic E-state index is 0.127. The lowest BCUT2D eigenvalue weighted by atomic mass is 10.1. The largest absolute Gasteiger partial charge is 0.396 e. The van der Waals surface area contributed by atoms with Crippen LogP contribution in [-0.2, 0) is 4.74 Å². The smallest absolute Gasteiger partial charge is 0.130 e. The number of halogens is 2. The summed E-state index contributed by atoms with van der Waals surface area (Å²) in [7, 11) is 0. The Morgan fingerprint density at radius 2 is 2.06 bits per heavy atom. The van der Waals surface area contributed by atoms with Crippen LogP contribution in [0.5, 0.6) is 0 Å². The van der Waals surface area contributed by atoms with Gasteiger partial charge in [-0.3, -0.25) is 0 Å². The van der Waals surface area contributed by atoms with Gasteiger partial charge in [0.15, 0.2) is 0 Å². The molecule has 5 heteroatoms. The number of hydrogen-bond acceptors (Lipinski definition) is 3. The summed E-state index contributed by atoms with van der Waals surface area (Å²) in [6.07, 6.45) is 1.40. The summed E-state index contributed by atoms with van der Waals surface area (Å²) in [6, 6.07) is 2.70. The molecule has 3 nitrogen and oxygen atoms in total. The molecule has 1 rings (SSSR count). The maximum atomic E-state index is 13.3. The number of aliphatic hydroxyl groups is 1. The molecule has 0 fully saturated rings. The normalized spacial score (nSPS) is 12.7. The molecule has 0 amide bonds. The molecule has 0 heterocycles. The Balaban J connectivity index is 2.38. The van der Waals surface area contributed by atoms with Crippen LogP contribution in [0.3, 0.4) is 0 Å². The third kappa shape index (κ3) is 4.77. The monoisotopic (exact) mass is 245 g/mol. The quantitative estimate of drug-likeness (QED) is 0.720. The average molecular weight is 245 g/mol. The molecule has 0 saturated heterocycles. The van der Waals surface area contributed by atoms with Crippen molar-refractivity contribution in [2.75, 3.05) is 19.8 Å². The molecule has 0 aromatic heterocycles. The van der Waals surface area contributed by atoms with Crippen molar-refractivity contribution in [1.29, 1.82) is 0 Å². The average Bonchev–Trinajstić information content (AvgIpc) is 2.28. The molecule has 0 aliphatic rings. The minimum Gasteiger partial charge on any atom is -0.396 e. The molecule has 0 radical (unpaired) electrons. The first-order valence-electron chi connectivity index (χ1n) is 5.54. The van der Waals surface area contributed by atoms with Crippen LogP contribution in [0.4, 0.5) is 8.78 Å². The molecule has 1 unspecified atom stereocenters. The van der Waals surface area contributed by atoms with Crippen molar-refractivity contribution in [3.05, 3.63) is 35.4 Å². The molecule has 1 aromatic rings. The number of ether oxygens (including phenoxy) is 1. The van der Waals surface area contributed by atoms with Crippen molar-refractivity contribution >= 4 is 0 Å². The lowest BCUT2D eigenvalue weighted by Crippen LogP contribution is -2.19. The summed E-state index contributed by atoms with van der Waals surface area (Å²) in [5.41, 5.74) is 5.97. The summed E-state index contributed by atoms with van der Waals surface area (Å²) in [6.45, 7) is 0.771. The van der Waals surface area contributed by atoms with Crippen LogP contribution in [0, 0.1) is 11.6 Å². The number of rotatable bonds is 7. The van der Waals surface area contributed by atoms with Crippen LogP contribution in [0.2, 0.25) is 0 Å². The van der Waals surface area contributed by atoms with Crippen LogP contribution in [-0.4, -0.2) is 24.9 Å². The zero-order valence-corrected chi connectivity index (χ0v) is 9.53. The summed E-state index contributed by atoms with van der Waals surface area (Å²) >= 11 is 0. The van der Waals surface area contributed by atoms with E-state index in [4.69, 9.17) is 15.6 Å². The van der Waals surface area contributed by atoms with E-state index in [0.717, 1.165) is 12.5 Å². The minimum atomic E-state index is -0.656. The second-order valence-electron chi connectivity index (χ2n) is 3.78. The standard InChI is InChI=1S/C12H17F2NO2/c13-9-3-4-10(11(14)7-9)12(15)8-17-6-2-1-5-16/h3-4,7,12,16H,1-2,5-6,8,15H2. The van der Waals surface area contributed by atoms with Crippen LogP contribution >= 0.6 is 0 Å². The molecule has 1 atom stereocenters. The molecular weight excluding hydrogens is 228 g/mol. The van der Waals surface area contributed by atoms with Crippen molar-refractivity contribution in [2.24, 2.45) is 5.73 Å². The molecule has 17 heavy (non-hydrogen) atoms. The molecule has 3 N–H and O–H groups in total. The molecule has 0 aliphatic heterocycles. The Hall–Kier alpha value is -1.04. The Morgan fingerprint density at radius 3 is 2.71 bits per heavy atom. The number of hydrogen-bond donors (Lipinski definition) is 2. The van der Waals surface area contributed by atoms with Crippen LogP contribution in [0.15, 0.2) is 18.2 Å². The molecule has 0 aliphatic carbocycles. The van der Waals surface area contributed by atoms with Crippen molar-refractivity contribution in [2.45, 2.75) is 18.9 Å². The highest BCUT2D eigenvalue weighted by Gasteiger charge is 2.12. The van der Waals surface area contributed by atoms with Gasteiger partial charge in [-0.2, -0.15) is 0 Å². The molecule has 1 aromatic carbocycles. The van der Waals surface area contributed by atoms with Gasteiger partial charge in [-0.15, -0.1) is 0 Å². The van der Waals surface area contributed by atoms with Crippen molar-refractivity contribution < 1.29 is 18.6 Å². The zero-order valence-electron chi connectivity index (χ0n) is 9.53. The fraction of sp³-hybridized carbons (Fsp3) is 0.500. The predicted molar refractivity (Wildman–Crippen MR) is 60.4 cm³/mol. The number of aliphatic hydroxyl groups excluding tert-OH is 1. The molecule has 0 spiro atoms. The first-order chi connectivity index (χ1) is 8.15. The Kier molecular flexibility index (Phi) is 6.04. The Morgan fingerprint density at radius 1 is 1.29 bits per heavy atom. The van der Waals surface area contributed by atoms with Gasteiger partial charge in [0.05, 0.1) is 12.6 Å². The fourth-order valence-corrected chi connectivity index (χ4v) is 1.42. The summed E-state index contributed by atoms with van der Waals surface area (Å²) in [4.78, 5) is 0. The maximum Gasteiger partial charge on any atom is 0.130 e. The summed E-state index contributed by atoms with van der Waals surface area (Å²) < 4.78 is 31.2. The lowest BCUT2D eigenvalue weighted by molar-refractivity contribution is 0.112. The van der Waals surface area contributed by atoms with Crippen LogP contribution in [0.25, 0.3) is 0 Å². The fourth-order valence-electron chi connectivity index (χ4n) is 1.42. The van der Waals surface area contributed by atoms with E-state index in [0.29, 0.717) is 13.0 Å². The highest BCUT2D eigenvalue weighted by atomic mass is 19.1. The summed E-state index contributed by atoms with van der Waals surface area (Å²) in [5.74, 6) is -1.28. The van der Waals surface area contributed by atoms with E-state index in [1.165, 1.54) is 12.1 Å². The third-order valence-electron chi connectivity index (χ3n) is 2.36. The predicted octanol–water partition coefficient (Wildman–Crippen LogP) is 1.75. The topological polar surface area (TPSA) is 55.5 Å². The van der Waals surface area contributed by atoms with Gasteiger partial charge in [0.1, 0.15) is 11.6 Å². The molecule has 0 bridgehead atoms. The van der Waals surface area contributed by atoms with Crippen LogP contribution < -0.4 is 5.73 Å². The van der Waals surface area contributed by atoms with E-state index >= 15 is 0 Å². The van der Waals surface area contributed by atoms with Gasteiger partial charge in [-0.1, -0.05) is 6.07 Å². The van der Waals surface area contributed by atoms with Crippen molar-refractivity contribution in [3.8, 4) is 0 Å². The molecule has 0 saturated carbocycles. The SMILES string of the molecule is NC(COCCCCO)c1ccc(F)cc1F. The third-order valence-corrected chi connectivity index (χ3v) is 2.36. The first-order valence-corrected chi connectivity index (χ1v) is 5.54. The molecular formula is C12H17F2NO2. The zero-order chi connectivity index (χ0) is 12.7. The maximum absolute atomic E-state index is 13.3. The van der Waals surface area contributed by atoms with Gasteiger partial charge in [0.25, 0.3) is 0 Å². The van der Waals surface area contributed by atoms with E-state index < -0.39 is 17.7 Å². The second kappa shape index (κ2) is 7.32.